The number of benzene rings is 1. The number of aromatic nitrogens is 2. The van der Waals surface area contributed by atoms with Gasteiger partial charge in [-0.15, -0.1) is 0 Å². The van der Waals surface area contributed by atoms with Crippen molar-refractivity contribution in [2.24, 2.45) is 0 Å². The quantitative estimate of drug-likeness (QED) is 0.642. The summed E-state index contributed by atoms with van der Waals surface area (Å²) < 4.78 is 0.986. The second-order valence-electron chi connectivity index (χ2n) is 7.39. The van der Waals surface area contributed by atoms with Crippen LogP contribution in [0.3, 0.4) is 0 Å². The summed E-state index contributed by atoms with van der Waals surface area (Å²) in [5.74, 6) is 1.59. The fourth-order valence-electron chi connectivity index (χ4n) is 3.41. The van der Waals surface area contributed by atoms with E-state index in [1.165, 1.54) is 0 Å². The average Bonchev–Trinajstić information content (AvgIpc) is 2.66. The predicted molar refractivity (Wildman–Crippen MR) is 117 cm³/mol. The molecule has 0 spiro atoms. The smallest absolute Gasteiger partial charge is 0.319 e. The molecule has 0 bridgehead atoms. The molecule has 150 valence electrons. The third-order valence-electron chi connectivity index (χ3n) is 4.87. The normalized spacial score (nSPS) is 19.0. The zero-order chi connectivity index (χ0) is 20.1. The van der Waals surface area contributed by atoms with Crippen molar-refractivity contribution in [3.05, 3.63) is 40.5 Å². The lowest BCUT2D eigenvalue weighted by atomic mass is 9.91. The minimum absolute atomic E-state index is 0.156. The monoisotopic (exact) mass is 446 g/mol. The molecule has 0 atom stereocenters. The molecule has 1 aromatic carbocycles. The molecule has 0 unspecified atom stereocenters. The summed E-state index contributed by atoms with van der Waals surface area (Å²) in [7, 11) is 3.96. The first-order chi connectivity index (χ1) is 13.4. The van der Waals surface area contributed by atoms with Gasteiger partial charge in [0.1, 0.15) is 5.82 Å². The van der Waals surface area contributed by atoms with E-state index in [-0.39, 0.29) is 12.1 Å². The maximum absolute atomic E-state index is 12.2. The number of hydrogen-bond donors (Lipinski definition) is 3. The van der Waals surface area contributed by atoms with Gasteiger partial charge in [0.2, 0.25) is 5.95 Å². The Bertz CT molecular complexity index is 803. The molecule has 2 aromatic rings. The van der Waals surface area contributed by atoms with Crippen LogP contribution >= 0.6 is 15.9 Å². The van der Waals surface area contributed by atoms with Gasteiger partial charge in [-0.05, 0) is 56.9 Å². The number of halogens is 1. The molecule has 1 fully saturated rings. The SMILES string of the molecule is Cc1cnc(N[C@H]2CC[C@@H](NC(=O)Nc3ccc(Br)cc3)CC2)nc1N(C)C. The molecule has 3 rings (SSSR count). The summed E-state index contributed by atoms with van der Waals surface area (Å²) in [6, 6.07) is 7.90. The lowest BCUT2D eigenvalue weighted by Crippen LogP contribution is -2.42. The molecule has 1 aliphatic rings. The van der Waals surface area contributed by atoms with Gasteiger partial charge in [0, 0.05) is 48.1 Å². The van der Waals surface area contributed by atoms with Crippen molar-refractivity contribution in [3.63, 3.8) is 0 Å². The van der Waals surface area contributed by atoms with Gasteiger partial charge in [-0.25, -0.2) is 9.78 Å². The van der Waals surface area contributed by atoms with Crippen molar-refractivity contribution in [3.8, 4) is 0 Å². The van der Waals surface area contributed by atoms with Gasteiger partial charge in [-0.1, -0.05) is 15.9 Å². The minimum Gasteiger partial charge on any atom is -0.362 e. The third-order valence-corrected chi connectivity index (χ3v) is 5.39. The lowest BCUT2D eigenvalue weighted by Gasteiger charge is -2.30. The van der Waals surface area contributed by atoms with Crippen molar-refractivity contribution in [1.82, 2.24) is 15.3 Å². The van der Waals surface area contributed by atoms with Gasteiger partial charge in [0.15, 0.2) is 0 Å². The van der Waals surface area contributed by atoms with Gasteiger partial charge >= 0.3 is 6.03 Å². The molecule has 1 heterocycles. The molecule has 1 aliphatic carbocycles. The van der Waals surface area contributed by atoms with E-state index in [9.17, 15) is 4.79 Å². The molecule has 3 N–H and O–H groups in total. The Morgan fingerprint density at radius 1 is 1.11 bits per heavy atom. The maximum Gasteiger partial charge on any atom is 0.319 e. The van der Waals surface area contributed by atoms with Crippen LogP contribution in [0.15, 0.2) is 34.9 Å². The van der Waals surface area contributed by atoms with E-state index >= 15 is 0 Å². The van der Waals surface area contributed by atoms with E-state index in [2.05, 4.69) is 41.8 Å². The average molecular weight is 447 g/mol. The standard InChI is InChI=1S/C20H27BrN6O/c1-13-12-22-19(26-18(13)27(2)3)23-15-8-10-17(11-9-15)25-20(28)24-16-6-4-14(21)5-7-16/h4-7,12,15,17H,8-11H2,1-3H3,(H,22,23,26)(H2,24,25,28)/t15-,17+. The van der Waals surface area contributed by atoms with E-state index in [4.69, 9.17) is 0 Å². The summed E-state index contributed by atoms with van der Waals surface area (Å²) in [5, 5.41) is 9.39. The highest BCUT2D eigenvalue weighted by Crippen LogP contribution is 2.23. The van der Waals surface area contributed by atoms with Gasteiger partial charge in [-0.3, -0.25) is 0 Å². The highest BCUT2D eigenvalue weighted by molar-refractivity contribution is 9.10. The zero-order valence-corrected chi connectivity index (χ0v) is 18.1. The molecular weight excluding hydrogens is 420 g/mol. The lowest BCUT2D eigenvalue weighted by molar-refractivity contribution is 0.243. The number of hydrogen-bond acceptors (Lipinski definition) is 5. The van der Waals surface area contributed by atoms with Gasteiger partial charge < -0.3 is 20.9 Å². The van der Waals surface area contributed by atoms with Gasteiger partial charge in [0.25, 0.3) is 0 Å². The molecule has 28 heavy (non-hydrogen) atoms. The second-order valence-corrected chi connectivity index (χ2v) is 8.31. The number of amides is 2. The van der Waals surface area contributed by atoms with E-state index in [1.807, 2.05) is 56.4 Å². The summed E-state index contributed by atoms with van der Waals surface area (Å²) >= 11 is 3.39. The Labute approximate surface area is 174 Å². The molecule has 2 amide bonds. The Kier molecular flexibility index (Phi) is 6.72. The number of rotatable bonds is 5. The summed E-state index contributed by atoms with van der Waals surface area (Å²) in [5.41, 5.74) is 1.84. The number of urea groups is 1. The van der Waals surface area contributed by atoms with Crippen LogP contribution in [0, 0.1) is 6.92 Å². The van der Waals surface area contributed by atoms with Crippen LogP contribution in [0.25, 0.3) is 0 Å². The molecule has 0 aliphatic heterocycles. The van der Waals surface area contributed by atoms with E-state index in [0.717, 1.165) is 47.2 Å². The first-order valence-corrected chi connectivity index (χ1v) is 10.3. The fraction of sp³-hybridized carbons (Fsp3) is 0.450. The van der Waals surface area contributed by atoms with E-state index in [1.54, 1.807) is 0 Å². The first-order valence-electron chi connectivity index (χ1n) is 9.51. The van der Waals surface area contributed by atoms with Crippen LogP contribution in [0.2, 0.25) is 0 Å². The number of anilines is 3. The molecular formula is C20H27BrN6O. The van der Waals surface area contributed by atoms with Crippen molar-refractivity contribution < 1.29 is 4.79 Å². The van der Waals surface area contributed by atoms with Crippen molar-refractivity contribution in [2.75, 3.05) is 29.6 Å². The van der Waals surface area contributed by atoms with Crippen LogP contribution in [0.4, 0.5) is 22.2 Å². The highest BCUT2D eigenvalue weighted by Gasteiger charge is 2.23. The Balaban J connectivity index is 1.46. The fourth-order valence-corrected chi connectivity index (χ4v) is 3.67. The topological polar surface area (TPSA) is 82.2 Å². The Morgan fingerprint density at radius 2 is 1.75 bits per heavy atom. The summed E-state index contributed by atoms with van der Waals surface area (Å²) in [6.45, 7) is 2.01. The van der Waals surface area contributed by atoms with Crippen LogP contribution in [-0.4, -0.2) is 42.2 Å². The van der Waals surface area contributed by atoms with Crippen LogP contribution in [0.5, 0.6) is 0 Å². The molecule has 7 nitrogen and oxygen atoms in total. The Morgan fingerprint density at radius 3 is 2.39 bits per heavy atom. The number of nitrogens with one attached hydrogen (secondary N) is 3. The number of carbonyl (C=O) groups is 1. The van der Waals surface area contributed by atoms with Crippen LogP contribution in [0.1, 0.15) is 31.2 Å². The Hall–Kier alpha value is -2.35. The predicted octanol–water partition coefficient (Wildman–Crippen LogP) is 4.16. The number of nitrogens with zero attached hydrogens (tertiary/aromatic N) is 3. The number of aryl methyl sites for hydroxylation is 1. The van der Waals surface area contributed by atoms with E-state index in [0.29, 0.717) is 12.0 Å². The van der Waals surface area contributed by atoms with E-state index < -0.39 is 0 Å². The minimum atomic E-state index is -0.156. The first kappa shape index (κ1) is 20.4. The maximum atomic E-state index is 12.2. The van der Waals surface area contributed by atoms with Crippen LogP contribution < -0.4 is 20.9 Å². The van der Waals surface area contributed by atoms with Crippen molar-refractivity contribution >= 4 is 39.4 Å². The number of carbonyl (C=O) groups excluding carboxylic acids is 1. The second kappa shape index (κ2) is 9.23. The molecule has 1 saturated carbocycles. The van der Waals surface area contributed by atoms with Crippen molar-refractivity contribution in [1.29, 1.82) is 0 Å². The third kappa shape index (κ3) is 5.58. The molecule has 8 heteroatoms. The molecule has 0 saturated heterocycles. The van der Waals surface area contributed by atoms with Gasteiger partial charge in [-0.2, -0.15) is 4.98 Å². The molecule has 1 aromatic heterocycles. The largest absolute Gasteiger partial charge is 0.362 e. The summed E-state index contributed by atoms with van der Waals surface area (Å²) in [6.07, 6.45) is 5.65. The zero-order valence-electron chi connectivity index (χ0n) is 16.5. The van der Waals surface area contributed by atoms with Crippen molar-refractivity contribution in [2.45, 2.75) is 44.7 Å². The highest BCUT2D eigenvalue weighted by atomic mass is 79.9. The van der Waals surface area contributed by atoms with Gasteiger partial charge in [0.05, 0.1) is 0 Å². The van der Waals surface area contributed by atoms with Crippen LogP contribution in [-0.2, 0) is 0 Å². The summed E-state index contributed by atoms with van der Waals surface area (Å²) in [4.78, 5) is 23.2. The molecule has 0 radical (unpaired) electrons.